The zero-order chi connectivity index (χ0) is 11.2. The van der Waals surface area contributed by atoms with Crippen molar-refractivity contribution in [1.29, 1.82) is 0 Å². The predicted octanol–water partition coefficient (Wildman–Crippen LogP) is -1.78. The van der Waals surface area contributed by atoms with Gasteiger partial charge in [0, 0.05) is 0 Å². The van der Waals surface area contributed by atoms with Crippen LogP contribution in [0, 0.1) is 6.07 Å². The van der Waals surface area contributed by atoms with Gasteiger partial charge in [-0.3, -0.25) is 0 Å². The van der Waals surface area contributed by atoms with Crippen molar-refractivity contribution in [3.63, 3.8) is 0 Å². The van der Waals surface area contributed by atoms with E-state index in [0.29, 0.717) is 0 Å². The molecule has 0 aliphatic heterocycles. The van der Waals surface area contributed by atoms with Crippen molar-refractivity contribution in [2.75, 3.05) is 0 Å². The van der Waals surface area contributed by atoms with Gasteiger partial charge in [0.05, 0.1) is 0 Å². The topological polar surface area (TPSA) is 0 Å². The Bertz CT molecular complexity index is 738. The molecule has 0 spiro atoms. The normalized spacial score (nSPS) is 10.6. The Morgan fingerprint density at radius 2 is 1.60 bits per heavy atom. The number of fused-ring (bicyclic) bond motifs is 5. The summed E-state index contributed by atoms with van der Waals surface area (Å²) >= 11 is 0. The van der Waals surface area contributed by atoms with Crippen LogP contribution in [-0.4, -0.2) is 0 Å². The summed E-state index contributed by atoms with van der Waals surface area (Å²) in [5.74, 6) is 0. The third-order valence-corrected chi connectivity index (χ3v) is 3.62. The number of rotatable bonds is 0. The molecule has 0 bridgehead atoms. The minimum atomic E-state index is 0. The molecule has 0 atom stereocenters. The maximum absolute atomic E-state index is 3.39. The first kappa shape index (κ1) is 17.4. The van der Waals surface area contributed by atoms with Gasteiger partial charge in [0.15, 0.2) is 0 Å². The fourth-order valence-electron chi connectivity index (χ4n) is 2.82. The van der Waals surface area contributed by atoms with Gasteiger partial charge in [-0.15, -0.1) is 40.6 Å². The van der Waals surface area contributed by atoms with Crippen LogP contribution in [0.4, 0.5) is 0 Å². The molecule has 1 aliphatic rings. The Morgan fingerprint density at radius 3 is 2.45 bits per heavy atom. The monoisotopic (exact) mass is 375 g/mol. The summed E-state index contributed by atoms with van der Waals surface area (Å²) in [5.41, 5.74) is 5.65. The molecule has 0 amide bonds. The number of halogens is 2. The summed E-state index contributed by atoms with van der Waals surface area (Å²) in [6.07, 6.45) is 1.04. The van der Waals surface area contributed by atoms with E-state index >= 15 is 0 Å². The van der Waals surface area contributed by atoms with Gasteiger partial charge in [-0.1, -0.05) is 42.0 Å². The Morgan fingerprint density at radius 1 is 0.800 bits per heavy atom. The molecule has 1 aliphatic carbocycles. The van der Waals surface area contributed by atoms with Crippen molar-refractivity contribution >= 4 is 10.8 Å². The average Bonchev–Trinajstić information content (AvgIpc) is 2.78. The van der Waals surface area contributed by atoms with Crippen molar-refractivity contribution in [3.8, 4) is 11.1 Å². The Kier molecular flexibility index (Phi) is 6.01. The van der Waals surface area contributed by atoms with Gasteiger partial charge in [0.25, 0.3) is 0 Å². The van der Waals surface area contributed by atoms with E-state index in [0.717, 1.165) is 6.42 Å². The molecule has 97 valence electrons. The maximum Gasteiger partial charge on any atom is 3.00 e. The third kappa shape index (κ3) is 2.60. The molecule has 20 heavy (non-hydrogen) atoms. The number of hydrogen-bond donors (Lipinski definition) is 0. The molecular formula is C17H11Cl2Zr. The van der Waals surface area contributed by atoms with E-state index in [9.17, 15) is 0 Å². The second-order valence-corrected chi connectivity index (χ2v) is 4.56. The van der Waals surface area contributed by atoms with Gasteiger partial charge >= 0.3 is 26.2 Å². The molecule has 3 aromatic rings. The molecule has 3 heteroatoms. The fraction of sp³-hybridized carbons (Fsp3) is 0.0588. The number of hydrogen-bond acceptors (Lipinski definition) is 0. The van der Waals surface area contributed by atoms with Crippen molar-refractivity contribution in [3.05, 3.63) is 71.8 Å². The summed E-state index contributed by atoms with van der Waals surface area (Å²) in [6, 6.07) is 22.7. The Labute approximate surface area is 150 Å². The van der Waals surface area contributed by atoms with Gasteiger partial charge in [-0.05, 0) is 17.5 Å². The zero-order valence-electron chi connectivity index (χ0n) is 10.7. The summed E-state index contributed by atoms with van der Waals surface area (Å²) in [4.78, 5) is 0. The second-order valence-electron chi connectivity index (χ2n) is 4.56. The second kappa shape index (κ2) is 6.90. The summed E-state index contributed by atoms with van der Waals surface area (Å²) < 4.78 is 0. The first-order valence-corrected chi connectivity index (χ1v) is 5.94. The predicted molar refractivity (Wildman–Crippen MR) is 71.0 cm³/mol. The van der Waals surface area contributed by atoms with E-state index in [1.165, 1.54) is 33.0 Å². The molecule has 0 nitrogen and oxygen atoms in total. The minimum Gasteiger partial charge on any atom is -1.00 e. The van der Waals surface area contributed by atoms with Crippen LogP contribution in [0.25, 0.3) is 21.9 Å². The molecule has 0 saturated heterocycles. The molecule has 0 saturated carbocycles. The molecule has 4 rings (SSSR count). The van der Waals surface area contributed by atoms with Crippen LogP contribution in [0.5, 0.6) is 0 Å². The van der Waals surface area contributed by atoms with Crippen LogP contribution in [0.1, 0.15) is 11.1 Å². The molecule has 0 fully saturated rings. The standard InChI is InChI=1S/C17H11.2ClH.Zr/c1-3-7-14-12(5-1)9-10-16-15-8-4-2-6-13(15)11-17(14)16;;;/h1-6,8-10H,11H2;2*1H;/q-1;;;+3/p-2. The van der Waals surface area contributed by atoms with Crippen molar-refractivity contribution in [1.82, 2.24) is 0 Å². The molecule has 3 aromatic carbocycles. The van der Waals surface area contributed by atoms with Crippen LogP contribution in [0.2, 0.25) is 0 Å². The quantitative estimate of drug-likeness (QED) is 0.318. The van der Waals surface area contributed by atoms with E-state index in [1.807, 2.05) is 6.07 Å². The van der Waals surface area contributed by atoms with Gasteiger partial charge < -0.3 is 24.8 Å². The zero-order valence-corrected chi connectivity index (χ0v) is 14.6. The molecular weight excluding hydrogens is 366 g/mol. The summed E-state index contributed by atoms with van der Waals surface area (Å²) in [5, 5.41) is 2.57. The van der Waals surface area contributed by atoms with Crippen molar-refractivity contribution in [2.24, 2.45) is 0 Å². The first-order chi connectivity index (χ1) is 8.43. The Hall–Kier alpha value is -0.617. The van der Waals surface area contributed by atoms with Gasteiger partial charge in [-0.25, -0.2) is 0 Å². The van der Waals surface area contributed by atoms with Crippen LogP contribution in [0.15, 0.2) is 54.6 Å². The van der Waals surface area contributed by atoms with Crippen LogP contribution in [0.3, 0.4) is 0 Å². The largest absolute Gasteiger partial charge is 3.00 e. The van der Waals surface area contributed by atoms with Crippen LogP contribution < -0.4 is 24.8 Å². The van der Waals surface area contributed by atoms with Crippen LogP contribution >= 0.6 is 0 Å². The van der Waals surface area contributed by atoms with Crippen molar-refractivity contribution in [2.45, 2.75) is 6.42 Å². The van der Waals surface area contributed by atoms with E-state index < -0.39 is 0 Å². The maximum atomic E-state index is 3.39. The third-order valence-electron chi connectivity index (χ3n) is 3.62. The Balaban J connectivity index is 0.000000667. The minimum absolute atomic E-state index is 0. The van der Waals surface area contributed by atoms with Gasteiger partial charge in [-0.2, -0.15) is 0 Å². The smallest absolute Gasteiger partial charge is 1.00 e. The van der Waals surface area contributed by atoms with E-state index in [-0.39, 0.29) is 51.0 Å². The summed E-state index contributed by atoms with van der Waals surface area (Å²) in [6.45, 7) is 0. The van der Waals surface area contributed by atoms with E-state index in [4.69, 9.17) is 0 Å². The van der Waals surface area contributed by atoms with E-state index in [1.54, 1.807) is 0 Å². The molecule has 1 radical (unpaired) electrons. The number of benzene rings is 3. The average molecular weight is 377 g/mol. The molecule has 0 N–H and O–H groups in total. The van der Waals surface area contributed by atoms with Crippen LogP contribution in [-0.2, 0) is 32.6 Å². The van der Waals surface area contributed by atoms with Crippen molar-refractivity contribution < 1.29 is 51.0 Å². The molecule has 0 heterocycles. The van der Waals surface area contributed by atoms with Gasteiger partial charge in [0.1, 0.15) is 0 Å². The van der Waals surface area contributed by atoms with E-state index in [2.05, 4.69) is 54.6 Å². The fourth-order valence-corrected chi connectivity index (χ4v) is 2.82. The van der Waals surface area contributed by atoms with Gasteiger partial charge in [0.2, 0.25) is 0 Å². The summed E-state index contributed by atoms with van der Waals surface area (Å²) in [7, 11) is 0. The SMILES string of the molecule is [Cl-].[Cl-].[Zr+3].[c-]1cccc2ccc3c(c12)Cc1ccccc1-3. The molecule has 0 aromatic heterocycles. The first-order valence-electron chi connectivity index (χ1n) is 5.94. The molecule has 0 unspecified atom stereocenters.